The van der Waals surface area contributed by atoms with Crippen LogP contribution >= 0.6 is 11.3 Å². The van der Waals surface area contributed by atoms with Crippen LogP contribution in [0.3, 0.4) is 0 Å². The largest absolute Gasteiger partial charge is 0.353 e. The van der Waals surface area contributed by atoms with Gasteiger partial charge in [-0.3, -0.25) is 4.79 Å². The summed E-state index contributed by atoms with van der Waals surface area (Å²) in [4.78, 5) is 26.3. The van der Waals surface area contributed by atoms with Crippen LogP contribution in [-0.4, -0.2) is 30.3 Å². The van der Waals surface area contributed by atoms with Gasteiger partial charge in [-0.1, -0.05) is 53.0 Å². The van der Waals surface area contributed by atoms with E-state index < -0.39 is 0 Å². The molecule has 0 unspecified atom stereocenters. The average molecular weight is 462 g/mol. The minimum Gasteiger partial charge on any atom is -0.353 e. The van der Waals surface area contributed by atoms with Gasteiger partial charge < -0.3 is 15.8 Å². The summed E-state index contributed by atoms with van der Waals surface area (Å²) < 4.78 is 1.24. The molecule has 3 N–H and O–H groups in total. The van der Waals surface area contributed by atoms with Crippen LogP contribution in [-0.2, 0) is 16.0 Å². The van der Waals surface area contributed by atoms with Crippen molar-refractivity contribution in [2.24, 2.45) is 11.7 Å². The first-order valence-electron chi connectivity index (χ1n) is 12.2. The second kappa shape index (κ2) is 15.9. The summed E-state index contributed by atoms with van der Waals surface area (Å²) in [6.07, 6.45) is 10.4. The Morgan fingerprint density at radius 1 is 1.22 bits per heavy atom. The molecule has 0 radical (unpaired) electrons. The van der Waals surface area contributed by atoms with Crippen molar-refractivity contribution >= 4 is 33.7 Å². The lowest BCUT2D eigenvalue weighted by Crippen LogP contribution is -2.40. The van der Waals surface area contributed by atoms with Gasteiger partial charge in [0.1, 0.15) is 6.29 Å². The standard InChI is InChI=1S/C22H32N2OS.C3H6O.CH5N/c1-4-18(16-8-6-5-7-9-16)23-21(25)12-13-22-24-19-11-10-17(15(2)3)14-20(19)26-22;1-2-3-4;1-2/h10-11,14-16,18H,4-9,12-13H2,1-3H3,(H,23,25);3H,2H2,1H3;2H2,1H3/t18-;;/m1../s1. The van der Waals surface area contributed by atoms with Crippen molar-refractivity contribution in [2.45, 2.75) is 97.4 Å². The lowest BCUT2D eigenvalue weighted by atomic mass is 9.83. The highest BCUT2D eigenvalue weighted by Gasteiger charge is 2.23. The molecule has 1 heterocycles. The van der Waals surface area contributed by atoms with Gasteiger partial charge in [0.2, 0.25) is 5.91 Å². The van der Waals surface area contributed by atoms with Crippen LogP contribution < -0.4 is 11.1 Å². The first-order valence-corrected chi connectivity index (χ1v) is 13.0. The molecule has 32 heavy (non-hydrogen) atoms. The van der Waals surface area contributed by atoms with Crippen molar-refractivity contribution in [2.75, 3.05) is 7.05 Å². The fourth-order valence-corrected chi connectivity index (χ4v) is 5.06. The number of thiazole rings is 1. The van der Waals surface area contributed by atoms with Crippen LogP contribution in [0.1, 0.15) is 95.6 Å². The summed E-state index contributed by atoms with van der Waals surface area (Å²) in [5, 5.41) is 4.37. The number of hydrogen-bond acceptors (Lipinski definition) is 5. The zero-order valence-corrected chi connectivity index (χ0v) is 21.5. The van der Waals surface area contributed by atoms with E-state index in [1.54, 1.807) is 11.3 Å². The molecule has 0 bridgehead atoms. The maximum Gasteiger partial charge on any atom is 0.220 e. The van der Waals surface area contributed by atoms with E-state index in [1.807, 2.05) is 6.92 Å². The Bertz CT molecular complexity index is 797. The van der Waals surface area contributed by atoms with Gasteiger partial charge in [-0.2, -0.15) is 0 Å². The topological polar surface area (TPSA) is 85.1 Å². The third kappa shape index (κ3) is 9.37. The molecule has 5 nitrogen and oxygen atoms in total. The summed E-state index contributed by atoms with van der Waals surface area (Å²) in [6, 6.07) is 6.88. The van der Waals surface area contributed by atoms with Crippen LogP contribution in [0, 0.1) is 5.92 Å². The van der Waals surface area contributed by atoms with Crippen molar-refractivity contribution in [3.8, 4) is 0 Å². The molecule has 6 heteroatoms. The molecule has 1 aliphatic rings. The van der Waals surface area contributed by atoms with Gasteiger partial charge in [-0.15, -0.1) is 11.3 Å². The Kier molecular flexibility index (Phi) is 14.1. The molecule has 0 aliphatic heterocycles. The van der Waals surface area contributed by atoms with E-state index in [9.17, 15) is 9.59 Å². The van der Waals surface area contributed by atoms with E-state index in [-0.39, 0.29) is 5.91 Å². The van der Waals surface area contributed by atoms with Gasteiger partial charge in [0, 0.05) is 25.3 Å². The zero-order valence-electron chi connectivity index (χ0n) is 20.7. The summed E-state index contributed by atoms with van der Waals surface area (Å²) in [6.45, 7) is 8.43. The van der Waals surface area contributed by atoms with Gasteiger partial charge >= 0.3 is 0 Å². The number of nitrogens with two attached hydrogens (primary N) is 1. The number of aromatic nitrogens is 1. The molecule has 1 amide bonds. The average Bonchev–Trinajstić information content (AvgIpc) is 3.25. The van der Waals surface area contributed by atoms with E-state index in [2.05, 4.69) is 50.0 Å². The Balaban J connectivity index is 0.000000769. The Morgan fingerprint density at radius 3 is 2.44 bits per heavy atom. The lowest BCUT2D eigenvalue weighted by molar-refractivity contribution is -0.122. The van der Waals surface area contributed by atoms with Crippen molar-refractivity contribution in [3.05, 3.63) is 28.8 Å². The third-order valence-electron chi connectivity index (χ3n) is 5.86. The molecule has 1 aromatic carbocycles. The minimum atomic E-state index is 0.185. The fraction of sp³-hybridized carbons (Fsp3) is 0.654. The smallest absolute Gasteiger partial charge is 0.220 e. The maximum atomic E-state index is 12.5. The Hall–Kier alpha value is -1.79. The summed E-state index contributed by atoms with van der Waals surface area (Å²) >= 11 is 1.73. The first kappa shape index (κ1) is 28.2. The Labute approximate surface area is 198 Å². The number of aryl methyl sites for hydroxylation is 1. The monoisotopic (exact) mass is 461 g/mol. The fourth-order valence-electron chi connectivity index (χ4n) is 4.04. The van der Waals surface area contributed by atoms with Crippen molar-refractivity contribution in [3.63, 3.8) is 0 Å². The molecule has 1 fully saturated rings. The Morgan fingerprint density at radius 2 is 1.88 bits per heavy atom. The van der Waals surface area contributed by atoms with Crippen LogP contribution in [0.25, 0.3) is 10.2 Å². The SMILES string of the molecule is CCC=O.CC[C@@H](NC(=O)CCc1nc2ccc(C(C)C)cc2s1)C1CCCCC1.CN. The molecular weight excluding hydrogens is 418 g/mol. The number of benzene rings is 1. The zero-order chi connectivity index (χ0) is 23.9. The molecule has 1 aromatic heterocycles. The van der Waals surface area contributed by atoms with Gasteiger partial charge in [0.15, 0.2) is 0 Å². The number of aldehydes is 1. The normalized spacial score (nSPS) is 14.7. The number of rotatable bonds is 8. The van der Waals surface area contributed by atoms with Crippen molar-refractivity contribution in [1.29, 1.82) is 0 Å². The van der Waals surface area contributed by atoms with E-state index in [1.165, 1.54) is 49.4 Å². The molecule has 1 aliphatic carbocycles. The number of carbonyl (C=O) groups is 2. The second-order valence-corrected chi connectivity index (χ2v) is 9.66. The van der Waals surface area contributed by atoms with Crippen molar-refractivity contribution in [1.82, 2.24) is 10.3 Å². The second-order valence-electron chi connectivity index (χ2n) is 8.54. The lowest BCUT2D eigenvalue weighted by Gasteiger charge is -2.30. The van der Waals surface area contributed by atoms with Gasteiger partial charge in [-0.25, -0.2) is 4.98 Å². The highest BCUT2D eigenvalue weighted by atomic mass is 32.1. The number of carbonyl (C=O) groups excluding carboxylic acids is 2. The predicted octanol–water partition coefficient (Wildman–Crippen LogP) is 6.00. The first-order chi connectivity index (χ1) is 15.5. The van der Waals surface area contributed by atoms with Gasteiger partial charge in [-0.05, 0) is 55.8 Å². The quantitative estimate of drug-likeness (QED) is 0.472. The number of hydrogen-bond donors (Lipinski definition) is 2. The van der Waals surface area contributed by atoms with E-state index in [0.29, 0.717) is 30.7 Å². The number of nitrogens with one attached hydrogen (secondary N) is 1. The highest BCUT2D eigenvalue weighted by Crippen LogP contribution is 2.29. The molecule has 0 spiro atoms. The third-order valence-corrected chi connectivity index (χ3v) is 6.94. The van der Waals surface area contributed by atoms with E-state index in [0.717, 1.165) is 29.7 Å². The van der Waals surface area contributed by atoms with Gasteiger partial charge in [0.25, 0.3) is 0 Å². The molecule has 2 aromatic rings. The van der Waals surface area contributed by atoms with Crippen LogP contribution in [0.5, 0.6) is 0 Å². The molecule has 180 valence electrons. The number of fused-ring (bicyclic) bond motifs is 1. The molecular formula is C26H43N3O2S. The molecule has 0 saturated heterocycles. The highest BCUT2D eigenvalue weighted by molar-refractivity contribution is 7.18. The molecule has 1 saturated carbocycles. The van der Waals surface area contributed by atoms with Crippen LogP contribution in [0.4, 0.5) is 0 Å². The summed E-state index contributed by atoms with van der Waals surface area (Å²) in [5.74, 6) is 1.39. The van der Waals surface area contributed by atoms with Crippen molar-refractivity contribution < 1.29 is 9.59 Å². The minimum absolute atomic E-state index is 0.185. The molecule has 3 rings (SSSR count). The summed E-state index contributed by atoms with van der Waals surface area (Å²) in [5.41, 5.74) is 6.91. The number of nitrogens with zero attached hydrogens (tertiary/aromatic N) is 1. The molecule has 1 atom stereocenters. The van der Waals surface area contributed by atoms with Crippen LogP contribution in [0.15, 0.2) is 18.2 Å². The number of amides is 1. The maximum absolute atomic E-state index is 12.5. The van der Waals surface area contributed by atoms with Gasteiger partial charge in [0.05, 0.1) is 15.2 Å². The predicted molar refractivity (Wildman–Crippen MR) is 137 cm³/mol. The van der Waals surface area contributed by atoms with E-state index in [4.69, 9.17) is 4.98 Å². The van der Waals surface area contributed by atoms with Crippen LogP contribution in [0.2, 0.25) is 0 Å². The van der Waals surface area contributed by atoms with E-state index >= 15 is 0 Å². The summed E-state index contributed by atoms with van der Waals surface area (Å²) in [7, 11) is 1.50.